The predicted octanol–water partition coefficient (Wildman–Crippen LogP) is 5.78. The number of rotatable bonds is 3. The van der Waals surface area contributed by atoms with Gasteiger partial charge in [0.05, 0.1) is 0 Å². The van der Waals surface area contributed by atoms with Crippen molar-refractivity contribution in [3.8, 4) is 0 Å². The van der Waals surface area contributed by atoms with Crippen molar-refractivity contribution >= 4 is 27.6 Å². The molecular weight excluding hydrogens is 358 g/mol. The van der Waals surface area contributed by atoms with Crippen LogP contribution in [-0.4, -0.2) is 12.1 Å². The molecule has 1 amide bonds. The third kappa shape index (κ3) is 3.56. The van der Waals surface area contributed by atoms with Gasteiger partial charge in [-0.2, -0.15) is 0 Å². The summed E-state index contributed by atoms with van der Waals surface area (Å²) in [6.45, 7) is 0.297. The van der Waals surface area contributed by atoms with Crippen LogP contribution in [0.15, 0.2) is 78.9 Å². The third-order valence-electron chi connectivity index (χ3n) is 5.88. The topological polar surface area (TPSA) is 38.3 Å². The number of carbonyl (C=O) groups is 1. The molecule has 29 heavy (non-hydrogen) atoms. The maximum atomic E-state index is 12.3. The molecule has 3 nitrogen and oxygen atoms in total. The van der Waals surface area contributed by atoms with Gasteiger partial charge in [0.2, 0.25) is 0 Å². The molecule has 0 spiro atoms. The summed E-state index contributed by atoms with van der Waals surface area (Å²) in [5.41, 5.74) is 3.74. The minimum Gasteiger partial charge on any atom is -0.445 e. The van der Waals surface area contributed by atoms with Crippen molar-refractivity contribution in [3.63, 3.8) is 0 Å². The van der Waals surface area contributed by atoms with Crippen molar-refractivity contribution in [2.24, 2.45) is 0 Å². The summed E-state index contributed by atoms with van der Waals surface area (Å²) in [7, 11) is 0. The molecule has 0 aliphatic heterocycles. The fraction of sp³-hybridized carbons (Fsp3) is 0.192. The highest BCUT2D eigenvalue weighted by atomic mass is 16.5. The van der Waals surface area contributed by atoms with Gasteiger partial charge in [0, 0.05) is 6.04 Å². The molecule has 1 aliphatic rings. The Hall–Kier alpha value is -3.33. The molecular formula is C26H23NO2. The van der Waals surface area contributed by atoms with Crippen LogP contribution in [0.1, 0.15) is 23.1 Å². The Morgan fingerprint density at radius 3 is 2.55 bits per heavy atom. The molecule has 0 fully saturated rings. The summed E-state index contributed by atoms with van der Waals surface area (Å²) >= 11 is 0. The Morgan fingerprint density at radius 1 is 0.862 bits per heavy atom. The number of ether oxygens (including phenoxy) is 1. The van der Waals surface area contributed by atoms with Crippen LogP contribution in [0.5, 0.6) is 0 Å². The lowest BCUT2D eigenvalue weighted by molar-refractivity contribution is 0.134. The van der Waals surface area contributed by atoms with Crippen molar-refractivity contribution in [2.45, 2.75) is 31.9 Å². The van der Waals surface area contributed by atoms with Crippen LogP contribution in [0.2, 0.25) is 0 Å². The summed E-state index contributed by atoms with van der Waals surface area (Å²) in [5.74, 6) is 0. The van der Waals surface area contributed by atoms with E-state index in [4.69, 9.17) is 4.74 Å². The van der Waals surface area contributed by atoms with Gasteiger partial charge >= 0.3 is 6.09 Å². The number of fused-ring (bicyclic) bond motifs is 5. The second-order valence-corrected chi connectivity index (χ2v) is 7.73. The smallest absolute Gasteiger partial charge is 0.407 e. The van der Waals surface area contributed by atoms with E-state index in [1.54, 1.807) is 0 Å². The van der Waals surface area contributed by atoms with Crippen LogP contribution in [0.4, 0.5) is 4.79 Å². The van der Waals surface area contributed by atoms with Gasteiger partial charge < -0.3 is 10.1 Å². The molecule has 0 saturated heterocycles. The SMILES string of the molecule is O=C(NC1CCc2ccc3c(ccc4ccccc43)c2C1)OCc1ccccc1. The van der Waals surface area contributed by atoms with Gasteiger partial charge in [0.1, 0.15) is 6.61 Å². The highest BCUT2D eigenvalue weighted by Gasteiger charge is 2.22. The number of carbonyl (C=O) groups excluding carboxylic acids is 1. The van der Waals surface area contributed by atoms with Crippen molar-refractivity contribution in [1.29, 1.82) is 0 Å². The van der Waals surface area contributed by atoms with Gasteiger partial charge in [-0.05, 0) is 57.5 Å². The fourth-order valence-corrected chi connectivity index (χ4v) is 4.40. The first kappa shape index (κ1) is 17.7. The van der Waals surface area contributed by atoms with Gasteiger partial charge in [-0.15, -0.1) is 0 Å². The number of hydrogen-bond donors (Lipinski definition) is 1. The molecule has 0 heterocycles. The highest BCUT2D eigenvalue weighted by Crippen LogP contribution is 2.33. The van der Waals surface area contributed by atoms with Crippen molar-refractivity contribution < 1.29 is 9.53 Å². The van der Waals surface area contributed by atoms with Crippen molar-refractivity contribution in [1.82, 2.24) is 5.32 Å². The van der Waals surface area contributed by atoms with E-state index in [-0.39, 0.29) is 12.1 Å². The number of benzene rings is 4. The van der Waals surface area contributed by atoms with Crippen LogP contribution in [0.3, 0.4) is 0 Å². The molecule has 0 bridgehead atoms. The summed E-state index contributed by atoms with van der Waals surface area (Å²) in [6.07, 6.45) is 2.41. The number of hydrogen-bond acceptors (Lipinski definition) is 2. The summed E-state index contributed by atoms with van der Waals surface area (Å²) in [6, 6.07) is 27.3. The number of amides is 1. The van der Waals surface area contributed by atoms with E-state index in [0.717, 1.165) is 24.8 Å². The van der Waals surface area contributed by atoms with E-state index in [2.05, 4.69) is 53.8 Å². The van der Waals surface area contributed by atoms with Gasteiger partial charge in [0.25, 0.3) is 0 Å². The van der Waals surface area contributed by atoms with E-state index >= 15 is 0 Å². The molecule has 0 radical (unpaired) electrons. The first-order valence-electron chi connectivity index (χ1n) is 10.2. The van der Waals surface area contributed by atoms with Crippen LogP contribution < -0.4 is 5.32 Å². The van der Waals surface area contributed by atoms with Crippen LogP contribution in [0.25, 0.3) is 21.5 Å². The Kier molecular flexibility index (Phi) is 4.65. The third-order valence-corrected chi connectivity index (χ3v) is 5.88. The van der Waals surface area contributed by atoms with Crippen molar-refractivity contribution in [2.75, 3.05) is 0 Å². The molecule has 1 atom stereocenters. The summed E-state index contributed by atoms with van der Waals surface area (Å²) in [4.78, 5) is 12.3. The molecule has 4 aromatic carbocycles. The van der Waals surface area contributed by atoms with E-state index in [1.807, 2.05) is 30.3 Å². The minimum atomic E-state index is -0.340. The second kappa shape index (κ2) is 7.59. The standard InChI is InChI=1S/C26H23NO2/c28-26(29-17-18-6-2-1-3-7-18)27-21-13-10-20-12-14-23-22-9-5-4-8-19(22)11-15-24(23)25(20)16-21/h1-9,11-12,14-15,21H,10,13,16-17H2,(H,27,28). The normalized spacial score (nSPS) is 15.8. The molecule has 3 heteroatoms. The molecule has 0 aromatic heterocycles. The van der Waals surface area contributed by atoms with Gasteiger partial charge in [-0.1, -0.05) is 78.9 Å². The summed E-state index contributed by atoms with van der Waals surface area (Å²) in [5, 5.41) is 8.20. The Bertz CT molecular complexity index is 1180. The van der Waals surface area contributed by atoms with Crippen molar-refractivity contribution in [3.05, 3.63) is 95.6 Å². The zero-order valence-electron chi connectivity index (χ0n) is 16.2. The molecule has 1 aliphatic carbocycles. The van der Waals surface area contributed by atoms with E-state index in [1.165, 1.54) is 32.7 Å². The number of alkyl carbamates (subject to hydrolysis) is 1. The lowest BCUT2D eigenvalue weighted by atomic mass is 9.84. The second-order valence-electron chi connectivity index (χ2n) is 7.73. The number of nitrogens with one attached hydrogen (secondary N) is 1. The highest BCUT2D eigenvalue weighted by molar-refractivity contribution is 6.08. The van der Waals surface area contributed by atoms with Crippen LogP contribution in [-0.2, 0) is 24.2 Å². The van der Waals surface area contributed by atoms with E-state index in [0.29, 0.717) is 6.61 Å². The average molecular weight is 381 g/mol. The monoisotopic (exact) mass is 381 g/mol. The van der Waals surface area contributed by atoms with Crippen LogP contribution >= 0.6 is 0 Å². The predicted molar refractivity (Wildman–Crippen MR) is 117 cm³/mol. The zero-order chi connectivity index (χ0) is 19.6. The molecule has 1 unspecified atom stereocenters. The Morgan fingerprint density at radius 2 is 1.66 bits per heavy atom. The average Bonchev–Trinajstić information content (AvgIpc) is 2.78. The first-order chi connectivity index (χ1) is 14.3. The lowest BCUT2D eigenvalue weighted by Crippen LogP contribution is -2.39. The zero-order valence-corrected chi connectivity index (χ0v) is 16.2. The largest absolute Gasteiger partial charge is 0.445 e. The Balaban J connectivity index is 1.35. The minimum absolute atomic E-state index is 0.0999. The van der Waals surface area contributed by atoms with E-state index < -0.39 is 0 Å². The summed E-state index contributed by atoms with van der Waals surface area (Å²) < 4.78 is 5.41. The number of aryl methyl sites for hydroxylation is 1. The molecule has 0 saturated carbocycles. The van der Waals surface area contributed by atoms with E-state index in [9.17, 15) is 4.79 Å². The quantitative estimate of drug-likeness (QED) is 0.457. The molecule has 4 aromatic rings. The molecule has 1 N–H and O–H groups in total. The maximum Gasteiger partial charge on any atom is 0.407 e. The molecule has 144 valence electrons. The van der Waals surface area contributed by atoms with Gasteiger partial charge in [-0.25, -0.2) is 4.79 Å². The Labute approximate surface area is 170 Å². The van der Waals surface area contributed by atoms with Crippen LogP contribution in [0, 0.1) is 0 Å². The first-order valence-corrected chi connectivity index (χ1v) is 10.2. The van der Waals surface area contributed by atoms with Gasteiger partial charge in [0.15, 0.2) is 0 Å². The lowest BCUT2D eigenvalue weighted by Gasteiger charge is -2.26. The maximum absolute atomic E-state index is 12.3. The fourth-order valence-electron chi connectivity index (χ4n) is 4.40. The van der Waals surface area contributed by atoms with Gasteiger partial charge in [-0.3, -0.25) is 0 Å². The molecule has 5 rings (SSSR count).